The van der Waals surface area contributed by atoms with Crippen LogP contribution in [0.5, 0.6) is 5.88 Å². The van der Waals surface area contributed by atoms with Crippen molar-refractivity contribution in [3.8, 4) is 17.1 Å². The average Bonchev–Trinajstić information content (AvgIpc) is 3.18. The van der Waals surface area contributed by atoms with Gasteiger partial charge in [0.2, 0.25) is 5.88 Å². The van der Waals surface area contributed by atoms with E-state index in [1.807, 2.05) is 49.3 Å². The molecule has 0 radical (unpaired) electrons. The monoisotopic (exact) mass is 423 g/mol. The summed E-state index contributed by atoms with van der Waals surface area (Å²) < 4.78 is 7.80. The molecule has 2 N–H and O–H groups in total. The Bertz CT molecular complexity index is 1040. The van der Waals surface area contributed by atoms with Gasteiger partial charge in [0.25, 0.3) is 5.91 Å². The predicted octanol–water partition coefficient (Wildman–Crippen LogP) is 2.37. The van der Waals surface area contributed by atoms with E-state index in [-0.39, 0.29) is 18.1 Å². The second-order valence-corrected chi connectivity index (χ2v) is 8.27. The van der Waals surface area contributed by atoms with E-state index in [0.29, 0.717) is 23.6 Å². The van der Waals surface area contributed by atoms with Crippen LogP contribution in [0.15, 0.2) is 42.6 Å². The number of imidazole rings is 1. The lowest BCUT2D eigenvalue weighted by Gasteiger charge is -2.25. The van der Waals surface area contributed by atoms with E-state index in [9.17, 15) is 9.90 Å². The molecular formula is C23H29N5O3. The van der Waals surface area contributed by atoms with Gasteiger partial charge in [0.15, 0.2) is 5.65 Å². The maximum absolute atomic E-state index is 12.5. The van der Waals surface area contributed by atoms with Gasteiger partial charge < -0.3 is 20.1 Å². The molecule has 31 heavy (non-hydrogen) atoms. The number of amides is 1. The third kappa shape index (κ3) is 5.21. The number of hydrogen-bond donors (Lipinski definition) is 2. The van der Waals surface area contributed by atoms with Crippen LogP contribution in [0.4, 0.5) is 0 Å². The summed E-state index contributed by atoms with van der Waals surface area (Å²) in [5.74, 6) is 0.430. The Labute approximate surface area is 181 Å². The molecule has 0 atom stereocenters. The van der Waals surface area contributed by atoms with Gasteiger partial charge in [0.05, 0.1) is 18.0 Å². The zero-order valence-corrected chi connectivity index (χ0v) is 18.0. The summed E-state index contributed by atoms with van der Waals surface area (Å²) in [7, 11) is 3.94. The van der Waals surface area contributed by atoms with Gasteiger partial charge in [0, 0.05) is 30.3 Å². The second-order valence-electron chi connectivity index (χ2n) is 8.27. The number of ether oxygens (including phenoxy) is 1. The second kappa shape index (κ2) is 9.45. The van der Waals surface area contributed by atoms with E-state index in [0.717, 1.165) is 43.5 Å². The number of carbonyl (C=O) groups excluding carboxylic acids is 1. The lowest BCUT2D eigenvalue weighted by atomic mass is 9.95. The average molecular weight is 424 g/mol. The van der Waals surface area contributed by atoms with E-state index in [1.54, 1.807) is 16.8 Å². The van der Waals surface area contributed by atoms with Gasteiger partial charge in [-0.25, -0.2) is 9.50 Å². The first-order chi connectivity index (χ1) is 15.0. The van der Waals surface area contributed by atoms with E-state index < -0.39 is 0 Å². The molecule has 0 unspecified atom stereocenters. The van der Waals surface area contributed by atoms with Crippen LogP contribution in [0.2, 0.25) is 0 Å². The standard InChI is InChI=1S/C23H29N5O3/c1-27(2)13-12-24-23(30)17-5-3-4-16(14-17)20-15-25-21-10-11-22(26-28(20)21)31-19-8-6-18(29)7-9-19/h3-5,10-11,14-15,18-19,29H,6-9,12-13H2,1-2H3,(H,24,30)/t18-,19-. The van der Waals surface area contributed by atoms with E-state index >= 15 is 0 Å². The molecule has 1 aromatic carbocycles. The van der Waals surface area contributed by atoms with Gasteiger partial charge in [-0.3, -0.25) is 4.79 Å². The van der Waals surface area contributed by atoms with Crippen LogP contribution in [0, 0.1) is 0 Å². The first-order valence-corrected chi connectivity index (χ1v) is 10.7. The molecule has 1 aliphatic carbocycles. The molecule has 1 saturated carbocycles. The molecule has 1 fully saturated rings. The Morgan fingerprint density at radius 1 is 1.23 bits per heavy atom. The van der Waals surface area contributed by atoms with E-state index in [2.05, 4.69) is 15.4 Å². The molecule has 8 nitrogen and oxygen atoms in total. The van der Waals surface area contributed by atoms with Crippen LogP contribution in [-0.2, 0) is 0 Å². The molecule has 2 aromatic heterocycles. The fourth-order valence-electron chi connectivity index (χ4n) is 3.76. The van der Waals surface area contributed by atoms with Crippen molar-refractivity contribution in [2.45, 2.75) is 37.9 Å². The number of nitrogens with one attached hydrogen (secondary N) is 1. The largest absolute Gasteiger partial charge is 0.473 e. The highest BCUT2D eigenvalue weighted by atomic mass is 16.5. The minimum absolute atomic E-state index is 0.0644. The molecule has 3 aromatic rings. The minimum Gasteiger partial charge on any atom is -0.473 e. The van der Waals surface area contributed by atoms with Crippen LogP contribution >= 0.6 is 0 Å². The number of aromatic nitrogens is 3. The fourth-order valence-corrected chi connectivity index (χ4v) is 3.76. The molecule has 164 valence electrons. The van der Waals surface area contributed by atoms with Gasteiger partial charge in [-0.15, -0.1) is 5.10 Å². The number of likely N-dealkylation sites (N-methyl/N-ethyl adjacent to an activating group) is 1. The van der Waals surface area contributed by atoms with Crippen molar-refractivity contribution in [1.82, 2.24) is 24.8 Å². The first kappa shape index (κ1) is 21.3. The van der Waals surface area contributed by atoms with Crippen molar-refractivity contribution in [1.29, 1.82) is 0 Å². The van der Waals surface area contributed by atoms with Crippen molar-refractivity contribution < 1.29 is 14.6 Å². The van der Waals surface area contributed by atoms with Crippen molar-refractivity contribution in [3.63, 3.8) is 0 Å². The van der Waals surface area contributed by atoms with Crippen LogP contribution < -0.4 is 10.1 Å². The quantitative estimate of drug-likeness (QED) is 0.606. The van der Waals surface area contributed by atoms with Crippen molar-refractivity contribution in [2.24, 2.45) is 0 Å². The summed E-state index contributed by atoms with van der Waals surface area (Å²) in [6.07, 6.45) is 4.76. The van der Waals surface area contributed by atoms with Gasteiger partial charge in [0.1, 0.15) is 6.10 Å². The number of carbonyl (C=O) groups is 1. The van der Waals surface area contributed by atoms with Gasteiger partial charge in [-0.1, -0.05) is 12.1 Å². The van der Waals surface area contributed by atoms with E-state index in [4.69, 9.17) is 4.74 Å². The van der Waals surface area contributed by atoms with Gasteiger partial charge >= 0.3 is 0 Å². The summed E-state index contributed by atoms with van der Waals surface area (Å²) >= 11 is 0. The highest BCUT2D eigenvalue weighted by molar-refractivity contribution is 5.95. The Hall–Kier alpha value is -2.97. The highest BCUT2D eigenvalue weighted by Gasteiger charge is 2.21. The number of benzene rings is 1. The minimum atomic E-state index is -0.220. The van der Waals surface area contributed by atoms with E-state index in [1.165, 1.54) is 0 Å². The number of aliphatic hydroxyl groups is 1. The zero-order valence-electron chi connectivity index (χ0n) is 18.0. The third-order valence-electron chi connectivity index (χ3n) is 5.53. The molecule has 0 spiro atoms. The van der Waals surface area contributed by atoms with Crippen LogP contribution in [0.3, 0.4) is 0 Å². The Balaban J connectivity index is 1.53. The molecule has 0 aliphatic heterocycles. The SMILES string of the molecule is CN(C)CCNC(=O)c1cccc(-c2cnc3ccc(O[C@H]4CC[C@H](O)CC4)nn23)c1. The smallest absolute Gasteiger partial charge is 0.251 e. The normalized spacial score (nSPS) is 19.0. The highest BCUT2D eigenvalue weighted by Crippen LogP contribution is 2.25. The summed E-state index contributed by atoms with van der Waals surface area (Å²) in [6, 6.07) is 11.2. The lowest BCUT2D eigenvalue weighted by Crippen LogP contribution is -2.31. The molecule has 2 heterocycles. The Morgan fingerprint density at radius 3 is 2.81 bits per heavy atom. The number of nitrogens with zero attached hydrogens (tertiary/aromatic N) is 4. The van der Waals surface area contributed by atoms with Crippen molar-refractivity contribution >= 4 is 11.6 Å². The molecule has 1 aliphatic rings. The summed E-state index contributed by atoms with van der Waals surface area (Å²) in [4.78, 5) is 19.0. The summed E-state index contributed by atoms with van der Waals surface area (Å²) in [6.45, 7) is 1.37. The first-order valence-electron chi connectivity index (χ1n) is 10.7. The van der Waals surface area contributed by atoms with Crippen molar-refractivity contribution in [2.75, 3.05) is 27.2 Å². The molecular weight excluding hydrogens is 394 g/mol. The number of aliphatic hydroxyl groups excluding tert-OH is 1. The molecule has 0 saturated heterocycles. The van der Waals surface area contributed by atoms with Crippen molar-refractivity contribution in [3.05, 3.63) is 48.2 Å². The molecule has 8 heteroatoms. The number of rotatable bonds is 7. The molecule has 1 amide bonds. The fraction of sp³-hybridized carbons (Fsp3) is 0.435. The Morgan fingerprint density at radius 2 is 2.03 bits per heavy atom. The summed E-state index contributed by atoms with van der Waals surface area (Å²) in [5.41, 5.74) is 2.96. The number of hydrogen-bond acceptors (Lipinski definition) is 6. The third-order valence-corrected chi connectivity index (χ3v) is 5.53. The Kier molecular flexibility index (Phi) is 6.48. The maximum Gasteiger partial charge on any atom is 0.251 e. The topological polar surface area (TPSA) is 92.0 Å². The van der Waals surface area contributed by atoms with Gasteiger partial charge in [-0.2, -0.15) is 0 Å². The summed E-state index contributed by atoms with van der Waals surface area (Å²) in [5, 5.41) is 17.3. The number of fused-ring (bicyclic) bond motifs is 1. The van der Waals surface area contributed by atoms with Crippen LogP contribution in [-0.4, -0.2) is 69.9 Å². The van der Waals surface area contributed by atoms with Crippen LogP contribution in [0.1, 0.15) is 36.0 Å². The lowest BCUT2D eigenvalue weighted by molar-refractivity contribution is 0.0637. The molecule has 4 rings (SSSR count). The predicted molar refractivity (Wildman–Crippen MR) is 118 cm³/mol. The molecule has 0 bridgehead atoms. The zero-order chi connectivity index (χ0) is 21.8. The van der Waals surface area contributed by atoms with Gasteiger partial charge in [-0.05, 0) is 58.0 Å². The van der Waals surface area contributed by atoms with Crippen LogP contribution in [0.25, 0.3) is 16.9 Å². The maximum atomic E-state index is 12.5.